The number of nitrogens with zero attached hydrogens (tertiary/aromatic N) is 1. The van der Waals surface area contributed by atoms with E-state index in [0.29, 0.717) is 0 Å². The molecule has 2 unspecified atom stereocenters. The quantitative estimate of drug-likeness (QED) is 0.387. The first-order valence-corrected chi connectivity index (χ1v) is 13.7. The largest absolute Gasteiger partial charge is 0.371 e. The highest BCUT2D eigenvalue weighted by molar-refractivity contribution is 5.68. The third-order valence-corrected chi connectivity index (χ3v) is 8.06. The Morgan fingerprint density at radius 2 is 1.68 bits per heavy atom. The zero-order chi connectivity index (χ0) is 23.9. The number of benzene rings is 2. The van der Waals surface area contributed by atoms with E-state index in [1.54, 1.807) is 0 Å². The Morgan fingerprint density at radius 1 is 0.941 bits per heavy atom. The van der Waals surface area contributed by atoms with Gasteiger partial charge in [0.25, 0.3) is 0 Å². The molecule has 2 aromatic carbocycles. The van der Waals surface area contributed by atoms with E-state index in [4.69, 9.17) is 0 Å². The predicted molar refractivity (Wildman–Crippen MR) is 148 cm³/mol. The highest BCUT2D eigenvalue weighted by Crippen LogP contribution is 2.38. The van der Waals surface area contributed by atoms with Crippen LogP contribution in [0.15, 0.2) is 61.3 Å². The number of anilines is 1. The third kappa shape index (κ3) is 6.14. The van der Waals surface area contributed by atoms with Crippen LogP contribution in [0.2, 0.25) is 0 Å². The standard InChI is InChI=1S/C32H44N2/c1-5-7-10-29-22-31(33-24(3)21-27-15-13-26(6-2)14-16-27)17-18-32(29)25(4)34-20-19-28-11-8-9-12-30(28)23-34/h13-18,22,28,30,33H,3-12,19-21,23H2,1-2H3. The van der Waals surface area contributed by atoms with Crippen LogP contribution in [0.1, 0.15) is 81.0 Å². The average molecular weight is 457 g/mol. The lowest BCUT2D eigenvalue weighted by Crippen LogP contribution is -2.40. The molecule has 0 amide bonds. The molecule has 0 aromatic heterocycles. The third-order valence-electron chi connectivity index (χ3n) is 8.06. The van der Waals surface area contributed by atoms with Gasteiger partial charge in [0.05, 0.1) is 0 Å². The fourth-order valence-electron chi connectivity index (χ4n) is 5.93. The van der Waals surface area contributed by atoms with Crippen molar-refractivity contribution >= 4 is 11.4 Å². The van der Waals surface area contributed by atoms with E-state index in [-0.39, 0.29) is 0 Å². The molecule has 34 heavy (non-hydrogen) atoms. The maximum atomic E-state index is 4.60. The first kappa shape index (κ1) is 24.6. The summed E-state index contributed by atoms with van der Waals surface area (Å²) < 4.78 is 0. The molecule has 2 aromatic rings. The van der Waals surface area contributed by atoms with Gasteiger partial charge < -0.3 is 10.2 Å². The van der Waals surface area contributed by atoms with E-state index >= 15 is 0 Å². The molecule has 182 valence electrons. The van der Waals surface area contributed by atoms with Crippen LogP contribution in [-0.4, -0.2) is 18.0 Å². The van der Waals surface area contributed by atoms with E-state index in [1.807, 2.05) is 0 Å². The number of piperidine rings is 1. The van der Waals surface area contributed by atoms with E-state index in [2.05, 4.69) is 79.7 Å². The van der Waals surface area contributed by atoms with Crippen molar-refractivity contribution < 1.29 is 0 Å². The molecule has 2 aliphatic rings. The zero-order valence-corrected chi connectivity index (χ0v) is 21.5. The topological polar surface area (TPSA) is 15.3 Å². The molecule has 1 N–H and O–H groups in total. The lowest BCUT2D eigenvalue weighted by Gasteiger charge is -2.43. The van der Waals surface area contributed by atoms with Crippen molar-refractivity contribution in [2.75, 3.05) is 18.4 Å². The minimum Gasteiger partial charge on any atom is -0.371 e. The monoisotopic (exact) mass is 456 g/mol. The molecule has 2 heteroatoms. The van der Waals surface area contributed by atoms with Gasteiger partial charge >= 0.3 is 0 Å². The molecule has 4 rings (SSSR count). The molecular formula is C32H44N2. The van der Waals surface area contributed by atoms with Gasteiger partial charge in [-0.25, -0.2) is 0 Å². The lowest BCUT2D eigenvalue weighted by molar-refractivity contribution is 0.124. The Kier molecular flexibility index (Phi) is 8.53. The fraction of sp³-hybridized carbons (Fsp3) is 0.500. The Labute approximate surface area is 208 Å². The molecular weight excluding hydrogens is 412 g/mol. The Morgan fingerprint density at radius 3 is 2.41 bits per heavy atom. The number of likely N-dealkylation sites (tertiary alicyclic amines) is 1. The van der Waals surface area contributed by atoms with Crippen molar-refractivity contribution in [3.8, 4) is 0 Å². The van der Waals surface area contributed by atoms with Crippen molar-refractivity contribution in [3.63, 3.8) is 0 Å². The molecule has 2 fully saturated rings. The summed E-state index contributed by atoms with van der Waals surface area (Å²) in [6, 6.07) is 15.8. The Bertz CT molecular complexity index is 971. The maximum absolute atomic E-state index is 4.60. The molecule has 0 radical (unpaired) electrons. The normalized spacial score (nSPS) is 20.0. The summed E-state index contributed by atoms with van der Waals surface area (Å²) in [4.78, 5) is 2.59. The van der Waals surface area contributed by atoms with E-state index in [0.717, 1.165) is 42.5 Å². The van der Waals surface area contributed by atoms with Crippen molar-refractivity contribution in [1.29, 1.82) is 0 Å². The second-order valence-corrected chi connectivity index (χ2v) is 10.5. The number of aryl methyl sites for hydroxylation is 2. The number of nitrogens with one attached hydrogen (secondary N) is 1. The fourth-order valence-corrected chi connectivity index (χ4v) is 5.93. The Balaban J connectivity index is 1.44. The molecule has 0 bridgehead atoms. The first-order chi connectivity index (χ1) is 16.6. The summed E-state index contributed by atoms with van der Waals surface area (Å²) in [5, 5.41) is 3.58. The van der Waals surface area contributed by atoms with Crippen LogP contribution in [-0.2, 0) is 19.3 Å². The van der Waals surface area contributed by atoms with Gasteiger partial charge in [0.1, 0.15) is 0 Å². The second-order valence-electron chi connectivity index (χ2n) is 10.5. The lowest BCUT2D eigenvalue weighted by atomic mass is 9.75. The highest BCUT2D eigenvalue weighted by Gasteiger charge is 2.32. The summed E-state index contributed by atoms with van der Waals surface area (Å²) in [5.41, 5.74) is 8.86. The molecule has 1 heterocycles. The van der Waals surface area contributed by atoms with Crippen LogP contribution in [0.3, 0.4) is 0 Å². The molecule has 1 saturated carbocycles. The average Bonchev–Trinajstić information content (AvgIpc) is 2.87. The van der Waals surface area contributed by atoms with Gasteiger partial charge in [0.15, 0.2) is 0 Å². The molecule has 1 saturated heterocycles. The zero-order valence-electron chi connectivity index (χ0n) is 21.5. The molecule has 1 aliphatic heterocycles. The van der Waals surface area contributed by atoms with Gasteiger partial charge in [-0.3, -0.25) is 0 Å². The molecule has 2 nitrogen and oxygen atoms in total. The van der Waals surface area contributed by atoms with Gasteiger partial charge in [-0.1, -0.05) is 83.0 Å². The number of fused-ring (bicyclic) bond motifs is 1. The minimum absolute atomic E-state index is 0.846. The highest BCUT2D eigenvalue weighted by atomic mass is 15.1. The van der Waals surface area contributed by atoms with Crippen LogP contribution in [0.4, 0.5) is 5.69 Å². The summed E-state index contributed by atoms with van der Waals surface area (Å²) >= 11 is 0. The Hall–Kier alpha value is -2.48. The van der Waals surface area contributed by atoms with Crippen LogP contribution < -0.4 is 5.32 Å². The van der Waals surface area contributed by atoms with Crippen LogP contribution in [0.25, 0.3) is 5.70 Å². The summed E-state index contributed by atoms with van der Waals surface area (Å²) in [7, 11) is 0. The van der Waals surface area contributed by atoms with Crippen LogP contribution in [0, 0.1) is 11.8 Å². The smallest absolute Gasteiger partial charge is 0.0384 e. The van der Waals surface area contributed by atoms with Gasteiger partial charge in [-0.2, -0.15) is 0 Å². The van der Waals surface area contributed by atoms with Crippen LogP contribution >= 0.6 is 0 Å². The summed E-state index contributed by atoms with van der Waals surface area (Å²) in [6.45, 7) is 15.8. The number of hydrogen-bond donors (Lipinski definition) is 1. The van der Waals surface area contributed by atoms with Gasteiger partial charge in [0.2, 0.25) is 0 Å². The summed E-state index contributed by atoms with van der Waals surface area (Å²) in [5.74, 6) is 1.82. The number of hydrogen-bond acceptors (Lipinski definition) is 2. The van der Waals surface area contributed by atoms with Crippen LogP contribution in [0.5, 0.6) is 0 Å². The van der Waals surface area contributed by atoms with E-state index < -0.39 is 0 Å². The SMILES string of the molecule is C=C(Cc1ccc(CC)cc1)Nc1ccc(C(=C)N2CCC3CCCCC3C2)c(CCCC)c1. The first-order valence-electron chi connectivity index (χ1n) is 13.7. The molecule has 1 aliphatic carbocycles. The number of unbranched alkanes of at least 4 members (excludes halogenated alkanes) is 1. The van der Waals surface area contributed by atoms with Gasteiger partial charge in [-0.15, -0.1) is 0 Å². The molecule has 2 atom stereocenters. The maximum Gasteiger partial charge on any atom is 0.0384 e. The minimum atomic E-state index is 0.846. The van der Waals surface area contributed by atoms with E-state index in [9.17, 15) is 0 Å². The molecule has 0 spiro atoms. The van der Waals surface area contributed by atoms with E-state index in [1.165, 1.54) is 86.0 Å². The summed E-state index contributed by atoms with van der Waals surface area (Å²) in [6.07, 6.45) is 12.5. The number of allylic oxidation sites excluding steroid dienone is 1. The van der Waals surface area contributed by atoms with Crippen molar-refractivity contribution in [2.45, 2.75) is 78.1 Å². The van der Waals surface area contributed by atoms with Gasteiger partial charge in [-0.05, 0) is 72.8 Å². The second kappa shape index (κ2) is 11.8. The van der Waals surface area contributed by atoms with Gasteiger partial charge in [0, 0.05) is 42.2 Å². The van der Waals surface area contributed by atoms with Crippen molar-refractivity contribution in [2.24, 2.45) is 11.8 Å². The van der Waals surface area contributed by atoms with Crippen molar-refractivity contribution in [1.82, 2.24) is 4.90 Å². The number of rotatable bonds is 10. The predicted octanol–water partition coefficient (Wildman–Crippen LogP) is 8.24. The van der Waals surface area contributed by atoms with Crippen molar-refractivity contribution in [3.05, 3.63) is 83.6 Å².